The molecular weight excluding hydrogens is 238 g/mol. The summed E-state index contributed by atoms with van der Waals surface area (Å²) >= 11 is 0. The van der Waals surface area contributed by atoms with E-state index in [-0.39, 0.29) is 5.91 Å². The smallest absolute Gasteiger partial charge is 0.272 e. The van der Waals surface area contributed by atoms with Gasteiger partial charge >= 0.3 is 0 Å². The maximum atomic E-state index is 12.5. The van der Waals surface area contributed by atoms with E-state index in [2.05, 4.69) is 10.3 Å². The molecule has 2 aliphatic heterocycles. The monoisotopic (exact) mass is 259 g/mol. The minimum absolute atomic E-state index is 0.0596. The summed E-state index contributed by atoms with van der Waals surface area (Å²) in [4.78, 5) is 18.7. The van der Waals surface area contributed by atoms with Crippen LogP contribution in [0.4, 0.5) is 0 Å². The number of hydrogen-bond acceptors (Lipinski definition) is 3. The van der Waals surface area contributed by atoms with Crippen LogP contribution in [-0.4, -0.2) is 41.0 Å². The standard InChI is InChI=1S/C15H21N3O/c1-10-4-3-7-16-14(10)15(19)18(2)13-8-11-5-6-12(9-13)17-11/h3-4,7,11-13,17H,5-6,8-9H2,1-2H3. The Balaban J connectivity index is 1.75. The lowest BCUT2D eigenvalue weighted by Gasteiger charge is -2.35. The lowest BCUT2D eigenvalue weighted by atomic mass is 9.98. The van der Waals surface area contributed by atoms with Crippen LogP contribution in [0.5, 0.6) is 0 Å². The van der Waals surface area contributed by atoms with Crippen molar-refractivity contribution in [1.29, 1.82) is 0 Å². The minimum atomic E-state index is 0.0596. The molecule has 2 unspecified atom stereocenters. The van der Waals surface area contributed by atoms with Gasteiger partial charge in [0.15, 0.2) is 0 Å². The number of amides is 1. The first-order valence-corrected chi connectivity index (χ1v) is 7.10. The van der Waals surface area contributed by atoms with Crippen molar-refractivity contribution >= 4 is 5.91 Å². The van der Waals surface area contributed by atoms with Crippen molar-refractivity contribution in [3.63, 3.8) is 0 Å². The number of aryl methyl sites for hydroxylation is 1. The highest BCUT2D eigenvalue weighted by Gasteiger charge is 2.36. The van der Waals surface area contributed by atoms with Crippen LogP contribution in [0.3, 0.4) is 0 Å². The molecule has 3 rings (SSSR count). The highest BCUT2D eigenvalue weighted by Crippen LogP contribution is 2.29. The van der Waals surface area contributed by atoms with E-state index in [1.54, 1.807) is 6.20 Å². The van der Waals surface area contributed by atoms with Crippen molar-refractivity contribution in [2.45, 2.75) is 50.7 Å². The summed E-state index contributed by atoms with van der Waals surface area (Å²) in [6, 6.07) is 5.37. The second kappa shape index (κ2) is 4.93. The number of pyridine rings is 1. The Morgan fingerprint density at radius 3 is 2.68 bits per heavy atom. The van der Waals surface area contributed by atoms with E-state index in [9.17, 15) is 4.79 Å². The van der Waals surface area contributed by atoms with Gasteiger partial charge in [0, 0.05) is 31.4 Å². The largest absolute Gasteiger partial charge is 0.337 e. The highest BCUT2D eigenvalue weighted by atomic mass is 16.2. The van der Waals surface area contributed by atoms with Gasteiger partial charge in [-0.15, -0.1) is 0 Å². The predicted octanol–water partition coefficient (Wildman–Crippen LogP) is 1.75. The Labute approximate surface area is 114 Å². The summed E-state index contributed by atoms with van der Waals surface area (Å²) in [7, 11) is 1.92. The molecule has 0 radical (unpaired) electrons. The minimum Gasteiger partial charge on any atom is -0.337 e. The van der Waals surface area contributed by atoms with E-state index in [4.69, 9.17) is 0 Å². The Bertz CT molecular complexity index is 476. The van der Waals surface area contributed by atoms with E-state index in [1.165, 1.54) is 12.8 Å². The van der Waals surface area contributed by atoms with Crippen molar-refractivity contribution in [2.75, 3.05) is 7.05 Å². The number of fused-ring (bicyclic) bond motifs is 2. The van der Waals surface area contributed by atoms with Crippen LogP contribution in [-0.2, 0) is 0 Å². The van der Waals surface area contributed by atoms with Crippen molar-refractivity contribution in [1.82, 2.24) is 15.2 Å². The van der Waals surface area contributed by atoms with Gasteiger partial charge in [-0.1, -0.05) is 6.07 Å². The van der Waals surface area contributed by atoms with Crippen molar-refractivity contribution in [3.05, 3.63) is 29.6 Å². The molecule has 0 spiro atoms. The summed E-state index contributed by atoms with van der Waals surface area (Å²) < 4.78 is 0. The fraction of sp³-hybridized carbons (Fsp3) is 0.600. The van der Waals surface area contributed by atoms with Crippen LogP contribution >= 0.6 is 0 Å². The third kappa shape index (κ3) is 2.37. The maximum absolute atomic E-state index is 12.5. The van der Waals surface area contributed by atoms with Gasteiger partial charge in [0.2, 0.25) is 0 Å². The molecular formula is C15H21N3O. The molecule has 3 heterocycles. The molecule has 0 aliphatic carbocycles. The van der Waals surface area contributed by atoms with E-state index in [0.29, 0.717) is 23.8 Å². The van der Waals surface area contributed by atoms with E-state index < -0.39 is 0 Å². The number of nitrogens with zero attached hydrogens (tertiary/aromatic N) is 2. The highest BCUT2D eigenvalue weighted by molar-refractivity contribution is 5.93. The molecule has 2 saturated heterocycles. The fourth-order valence-electron chi connectivity index (χ4n) is 3.39. The van der Waals surface area contributed by atoms with Crippen molar-refractivity contribution < 1.29 is 4.79 Å². The molecule has 1 amide bonds. The van der Waals surface area contributed by atoms with Gasteiger partial charge in [-0.05, 0) is 44.2 Å². The third-order valence-corrected chi connectivity index (χ3v) is 4.53. The number of nitrogens with one attached hydrogen (secondary N) is 1. The summed E-state index contributed by atoms with van der Waals surface area (Å²) in [5.41, 5.74) is 1.55. The van der Waals surface area contributed by atoms with Gasteiger partial charge in [-0.3, -0.25) is 9.78 Å². The van der Waals surface area contributed by atoms with Crippen LogP contribution in [0.2, 0.25) is 0 Å². The average Bonchev–Trinajstić information content (AvgIpc) is 2.76. The van der Waals surface area contributed by atoms with Crippen LogP contribution in [0, 0.1) is 6.92 Å². The molecule has 1 aromatic rings. The quantitative estimate of drug-likeness (QED) is 0.880. The second-order valence-corrected chi connectivity index (χ2v) is 5.85. The third-order valence-electron chi connectivity index (χ3n) is 4.53. The first-order valence-electron chi connectivity index (χ1n) is 7.10. The first kappa shape index (κ1) is 12.6. The zero-order chi connectivity index (χ0) is 13.4. The SMILES string of the molecule is Cc1cccnc1C(=O)N(C)C1CC2CCC(C1)N2. The van der Waals surface area contributed by atoms with Crippen LogP contribution in [0.15, 0.2) is 18.3 Å². The number of hydrogen-bond donors (Lipinski definition) is 1. The van der Waals surface area contributed by atoms with Crippen LogP contribution in [0.25, 0.3) is 0 Å². The number of rotatable bonds is 2. The summed E-state index contributed by atoms with van der Waals surface area (Å²) in [5.74, 6) is 0.0596. The first-order chi connectivity index (χ1) is 9.15. The molecule has 4 nitrogen and oxygen atoms in total. The molecule has 0 saturated carbocycles. The van der Waals surface area contributed by atoms with Crippen molar-refractivity contribution in [2.24, 2.45) is 0 Å². The molecule has 2 fully saturated rings. The van der Waals surface area contributed by atoms with Gasteiger partial charge in [0.1, 0.15) is 5.69 Å². The number of piperidine rings is 1. The molecule has 0 aromatic carbocycles. The number of aromatic nitrogens is 1. The Morgan fingerprint density at radius 1 is 1.37 bits per heavy atom. The Morgan fingerprint density at radius 2 is 2.05 bits per heavy atom. The fourth-order valence-corrected chi connectivity index (χ4v) is 3.39. The number of carbonyl (C=O) groups excluding carboxylic acids is 1. The average molecular weight is 259 g/mol. The lowest BCUT2D eigenvalue weighted by molar-refractivity contribution is 0.0675. The molecule has 102 valence electrons. The predicted molar refractivity (Wildman–Crippen MR) is 74.0 cm³/mol. The zero-order valence-corrected chi connectivity index (χ0v) is 11.6. The molecule has 2 aliphatic rings. The lowest BCUT2D eigenvalue weighted by Crippen LogP contribution is -2.49. The topological polar surface area (TPSA) is 45.2 Å². The molecule has 19 heavy (non-hydrogen) atoms. The van der Waals surface area contributed by atoms with Gasteiger partial charge in [0.25, 0.3) is 5.91 Å². The Hall–Kier alpha value is -1.42. The number of carbonyl (C=O) groups is 1. The summed E-state index contributed by atoms with van der Waals surface area (Å²) in [6.07, 6.45) is 6.35. The van der Waals surface area contributed by atoms with E-state index >= 15 is 0 Å². The van der Waals surface area contributed by atoms with Gasteiger partial charge in [-0.25, -0.2) is 0 Å². The molecule has 4 heteroatoms. The normalized spacial score (nSPS) is 29.3. The summed E-state index contributed by atoms with van der Waals surface area (Å²) in [6.45, 7) is 1.94. The van der Waals surface area contributed by atoms with Crippen LogP contribution < -0.4 is 5.32 Å². The molecule has 1 N–H and O–H groups in total. The van der Waals surface area contributed by atoms with E-state index in [1.807, 2.05) is 31.0 Å². The van der Waals surface area contributed by atoms with Gasteiger partial charge < -0.3 is 10.2 Å². The maximum Gasteiger partial charge on any atom is 0.272 e. The zero-order valence-electron chi connectivity index (χ0n) is 11.6. The molecule has 2 atom stereocenters. The van der Waals surface area contributed by atoms with Crippen LogP contribution in [0.1, 0.15) is 41.7 Å². The molecule has 2 bridgehead atoms. The van der Waals surface area contributed by atoms with Gasteiger partial charge in [0.05, 0.1) is 0 Å². The van der Waals surface area contributed by atoms with Crippen molar-refractivity contribution in [3.8, 4) is 0 Å². The summed E-state index contributed by atoms with van der Waals surface area (Å²) in [5, 5.41) is 3.61. The Kier molecular flexibility index (Phi) is 3.27. The molecule has 1 aromatic heterocycles. The van der Waals surface area contributed by atoms with Gasteiger partial charge in [-0.2, -0.15) is 0 Å². The van der Waals surface area contributed by atoms with E-state index in [0.717, 1.165) is 18.4 Å². The second-order valence-electron chi connectivity index (χ2n) is 5.85.